The van der Waals surface area contributed by atoms with Gasteiger partial charge < -0.3 is 14.6 Å². The molecule has 5 heteroatoms. The second-order valence-corrected chi connectivity index (χ2v) is 5.31. The number of aromatic nitrogens is 2. The van der Waals surface area contributed by atoms with Gasteiger partial charge in [0.25, 0.3) is 0 Å². The summed E-state index contributed by atoms with van der Waals surface area (Å²) in [6.07, 6.45) is 7.38. The average Bonchev–Trinajstić information content (AvgIpc) is 3.16. The molecule has 3 rings (SSSR count). The Morgan fingerprint density at radius 3 is 3.00 bits per heavy atom. The lowest BCUT2D eigenvalue weighted by Gasteiger charge is -2.22. The molecule has 2 aliphatic rings. The number of hydrogen-bond donors (Lipinski definition) is 1. The Morgan fingerprint density at radius 2 is 2.22 bits per heavy atom. The van der Waals surface area contributed by atoms with Crippen LogP contribution in [0, 0.1) is 0 Å². The zero-order chi connectivity index (χ0) is 12.2. The number of ether oxygens (including phenoxy) is 1. The summed E-state index contributed by atoms with van der Waals surface area (Å²) >= 11 is 0. The Balaban J connectivity index is 1.33. The van der Waals surface area contributed by atoms with Crippen LogP contribution in [0.1, 0.15) is 56.2 Å². The molecule has 1 saturated heterocycles. The highest BCUT2D eigenvalue weighted by atomic mass is 16.5. The van der Waals surface area contributed by atoms with E-state index in [2.05, 4.69) is 15.5 Å². The van der Waals surface area contributed by atoms with Crippen molar-refractivity contribution in [1.82, 2.24) is 15.5 Å². The highest BCUT2D eigenvalue weighted by molar-refractivity contribution is 5.01. The normalized spacial score (nSPS) is 24.3. The van der Waals surface area contributed by atoms with Crippen molar-refractivity contribution < 1.29 is 9.26 Å². The van der Waals surface area contributed by atoms with Gasteiger partial charge in [0.05, 0.1) is 0 Å². The molecule has 1 aliphatic carbocycles. The Bertz CT molecular complexity index is 370. The Kier molecular flexibility index (Phi) is 3.90. The number of rotatable bonds is 6. The molecule has 1 unspecified atom stereocenters. The maximum atomic E-state index is 5.61. The molecule has 0 amide bonds. The molecule has 18 heavy (non-hydrogen) atoms. The van der Waals surface area contributed by atoms with Crippen molar-refractivity contribution in [3.8, 4) is 0 Å². The maximum Gasteiger partial charge on any atom is 0.229 e. The summed E-state index contributed by atoms with van der Waals surface area (Å²) in [4.78, 5) is 4.34. The minimum absolute atomic E-state index is 0.475. The molecule has 0 radical (unpaired) electrons. The van der Waals surface area contributed by atoms with Crippen LogP contribution >= 0.6 is 0 Å². The minimum atomic E-state index is 0.475. The Labute approximate surface area is 107 Å². The number of nitrogens with one attached hydrogen (secondary N) is 1. The zero-order valence-electron chi connectivity index (χ0n) is 10.7. The first-order valence-corrected chi connectivity index (χ1v) is 7.05. The second kappa shape index (κ2) is 5.80. The van der Waals surface area contributed by atoms with Gasteiger partial charge in [-0.1, -0.05) is 11.6 Å². The van der Waals surface area contributed by atoms with E-state index < -0.39 is 0 Å². The van der Waals surface area contributed by atoms with Gasteiger partial charge in [0.2, 0.25) is 5.89 Å². The van der Waals surface area contributed by atoms with Gasteiger partial charge in [0.1, 0.15) is 6.61 Å². The quantitative estimate of drug-likeness (QED) is 0.783. The first kappa shape index (κ1) is 12.1. The molecule has 1 N–H and O–H groups in total. The van der Waals surface area contributed by atoms with Crippen molar-refractivity contribution in [1.29, 1.82) is 0 Å². The number of hydrogen-bond acceptors (Lipinski definition) is 5. The van der Waals surface area contributed by atoms with Gasteiger partial charge in [-0.15, -0.1) is 0 Å². The average molecular weight is 251 g/mol. The highest BCUT2D eigenvalue weighted by Crippen LogP contribution is 2.38. The fraction of sp³-hybridized carbons (Fsp3) is 0.846. The highest BCUT2D eigenvalue weighted by Gasteiger charge is 2.29. The van der Waals surface area contributed by atoms with Crippen LogP contribution in [-0.4, -0.2) is 29.3 Å². The molecule has 1 saturated carbocycles. The van der Waals surface area contributed by atoms with Crippen LogP contribution in [0.3, 0.4) is 0 Å². The lowest BCUT2D eigenvalue weighted by Crippen LogP contribution is -2.34. The summed E-state index contributed by atoms with van der Waals surface area (Å²) in [6, 6.07) is 0.631. The number of nitrogens with zero attached hydrogens (tertiary/aromatic N) is 2. The summed E-state index contributed by atoms with van der Waals surface area (Å²) in [5, 5.41) is 7.45. The zero-order valence-corrected chi connectivity index (χ0v) is 10.7. The number of piperidine rings is 1. The summed E-state index contributed by atoms with van der Waals surface area (Å²) in [7, 11) is 0. The molecule has 2 heterocycles. The van der Waals surface area contributed by atoms with Crippen molar-refractivity contribution in [3.05, 3.63) is 11.7 Å². The largest absolute Gasteiger partial charge is 0.373 e. The van der Waals surface area contributed by atoms with Crippen molar-refractivity contribution >= 4 is 0 Å². The van der Waals surface area contributed by atoms with Gasteiger partial charge in [-0.05, 0) is 38.6 Å². The molecule has 100 valence electrons. The van der Waals surface area contributed by atoms with E-state index in [0.29, 0.717) is 24.4 Å². The van der Waals surface area contributed by atoms with Crippen LogP contribution in [0.2, 0.25) is 0 Å². The fourth-order valence-corrected chi connectivity index (χ4v) is 2.38. The minimum Gasteiger partial charge on any atom is -0.373 e. The molecule has 1 aliphatic heterocycles. The van der Waals surface area contributed by atoms with Crippen LogP contribution in [0.25, 0.3) is 0 Å². The Morgan fingerprint density at radius 1 is 1.28 bits per heavy atom. The molecule has 2 fully saturated rings. The molecule has 1 atom stereocenters. The fourth-order valence-electron chi connectivity index (χ4n) is 2.38. The Hall–Kier alpha value is -0.940. The van der Waals surface area contributed by atoms with Crippen LogP contribution in [0.4, 0.5) is 0 Å². The van der Waals surface area contributed by atoms with E-state index in [4.69, 9.17) is 9.26 Å². The summed E-state index contributed by atoms with van der Waals surface area (Å²) < 4.78 is 10.8. The van der Waals surface area contributed by atoms with Crippen molar-refractivity contribution in [2.45, 2.75) is 57.1 Å². The molecule has 5 nitrogen and oxygen atoms in total. The summed E-state index contributed by atoms with van der Waals surface area (Å²) in [5.41, 5.74) is 0. The van der Waals surface area contributed by atoms with E-state index in [-0.39, 0.29) is 0 Å². The topological polar surface area (TPSA) is 60.2 Å². The molecular formula is C13H21N3O2. The molecular weight excluding hydrogens is 230 g/mol. The lowest BCUT2D eigenvalue weighted by molar-refractivity contribution is 0.102. The monoisotopic (exact) mass is 251 g/mol. The van der Waals surface area contributed by atoms with Gasteiger partial charge in [-0.2, -0.15) is 4.98 Å². The molecule has 0 spiro atoms. The third kappa shape index (κ3) is 3.29. The third-order valence-corrected chi connectivity index (χ3v) is 3.66. The van der Waals surface area contributed by atoms with Gasteiger partial charge >= 0.3 is 0 Å². The van der Waals surface area contributed by atoms with Gasteiger partial charge in [0.15, 0.2) is 5.82 Å². The van der Waals surface area contributed by atoms with E-state index >= 15 is 0 Å². The molecule has 0 bridgehead atoms. The predicted octanol–water partition coefficient (Wildman–Crippen LogP) is 2.00. The van der Waals surface area contributed by atoms with E-state index in [0.717, 1.165) is 25.5 Å². The van der Waals surface area contributed by atoms with Gasteiger partial charge in [0, 0.05) is 18.6 Å². The van der Waals surface area contributed by atoms with Crippen molar-refractivity contribution in [2.24, 2.45) is 0 Å². The summed E-state index contributed by atoms with van der Waals surface area (Å²) in [6.45, 7) is 2.40. The smallest absolute Gasteiger partial charge is 0.229 e. The second-order valence-electron chi connectivity index (χ2n) is 5.31. The van der Waals surface area contributed by atoms with E-state index in [1.807, 2.05) is 0 Å². The molecule has 1 aromatic rings. The van der Waals surface area contributed by atoms with Crippen LogP contribution in [0.5, 0.6) is 0 Å². The van der Waals surface area contributed by atoms with Crippen molar-refractivity contribution in [3.63, 3.8) is 0 Å². The summed E-state index contributed by atoms with van der Waals surface area (Å²) in [5.74, 6) is 2.01. The van der Waals surface area contributed by atoms with E-state index in [9.17, 15) is 0 Å². The van der Waals surface area contributed by atoms with Crippen molar-refractivity contribution in [2.75, 3.05) is 13.2 Å². The molecule has 0 aromatic carbocycles. The molecule has 1 aromatic heterocycles. The van der Waals surface area contributed by atoms with Gasteiger partial charge in [-0.25, -0.2) is 0 Å². The van der Waals surface area contributed by atoms with E-state index in [1.54, 1.807) is 0 Å². The van der Waals surface area contributed by atoms with E-state index in [1.165, 1.54) is 32.1 Å². The third-order valence-electron chi connectivity index (χ3n) is 3.66. The first-order chi connectivity index (χ1) is 8.92. The predicted molar refractivity (Wildman–Crippen MR) is 66.2 cm³/mol. The van der Waals surface area contributed by atoms with Crippen LogP contribution in [0.15, 0.2) is 4.52 Å². The van der Waals surface area contributed by atoms with Gasteiger partial charge in [-0.3, -0.25) is 0 Å². The lowest BCUT2D eigenvalue weighted by atomic mass is 10.0. The standard InChI is InChI=1S/C13H21N3O2/c1-2-7-14-11(3-1)6-8-17-9-12-15-13(18-16-12)10-4-5-10/h10-11,14H,1-9H2. The first-order valence-electron chi connectivity index (χ1n) is 7.05. The maximum absolute atomic E-state index is 5.61. The van der Waals surface area contributed by atoms with Crippen LogP contribution in [-0.2, 0) is 11.3 Å². The SMILES string of the molecule is C1CCC(CCOCc2noc(C3CC3)n2)NC1. The van der Waals surface area contributed by atoms with Crippen LogP contribution < -0.4 is 5.32 Å².